The van der Waals surface area contributed by atoms with Crippen LogP contribution in [-0.2, 0) is 6.54 Å². The molecular formula is C15H17F3N2O. The van der Waals surface area contributed by atoms with Gasteiger partial charge in [0.25, 0.3) is 0 Å². The number of aliphatic hydroxyl groups excluding tert-OH is 1. The van der Waals surface area contributed by atoms with Crippen LogP contribution in [0, 0.1) is 17.2 Å². The largest absolute Gasteiger partial charge is 0.414 e. The van der Waals surface area contributed by atoms with Crippen LogP contribution in [-0.4, -0.2) is 35.4 Å². The Morgan fingerprint density at radius 1 is 1.29 bits per heavy atom. The van der Waals surface area contributed by atoms with Crippen molar-refractivity contribution < 1.29 is 18.3 Å². The number of alkyl halides is 3. The molecule has 3 nitrogen and oxygen atoms in total. The van der Waals surface area contributed by atoms with Crippen LogP contribution in [0.1, 0.15) is 24.0 Å². The Morgan fingerprint density at radius 3 is 2.48 bits per heavy atom. The summed E-state index contributed by atoms with van der Waals surface area (Å²) in [4.78, 5) is 2.02. The molecule has 0 saturated carbocycles. The molecule has 1 unspecified atom stereocenters. The topological polar surface area (TPSA) is 47.3 Å². The fourth-order valence-corrected chi connectivity index (χ4v) is 2.70. The average molecular weight is 298 g/mol. The lowest BCUT2D eigenvalue weighted by Crippen LogP contribution is -2.43. The lowest BCUT2D eigenvalue weighted by molar-refractivity contribution is -0.223. The normalized spacial score (nSPS) is 19.2. The number of hydrogen-bond acceptors (Lipinski definition) is 3. The minimum atomic E-state index is -4.54. The van der Waals surface area contributed by atoms with Gasteiger partial charge in [0.15, 0.2) is 6.10 Å². The lowest BCUT2D eigenvalue weighted by atomic mass is 9.90. The van der Waals surface area contributed by atoms with E-state index in [1.54, 1.807) is 12.1 Å². The molecule has 6 heteroatoms. The fourth-order valence-electron chi connectivity index (χ4n) is 2.70. The first kappa shape index (κ1) is 15.8. The molecule has 1 atom stereocenters. The Bertz CT molecular complexity index is 516. The second kappa shape index (κ2) is 6.46. The highest BCUT2D eigenvalue weighted by atomic mass is 19.4. The fraction of sp³-hybridized carbons (Fsp3) is 0.533. The molecule has 0 aliphatic carbocycles. The number of nitrogens with zero attached hydrogens (tertiary/aromatic N) is 2. The molecule has 1 aromatic carbocycles. The van der Waals surface area contributed by atoms with E-state index >= 15 is 0 Å². The van der Waals surface area contributed by atoms with E-state index in [-0.39, 0.29) is 0 Å². The summed E-state index contributed by atoms with van der Waals surface area (Å²) in [5.41, 5.74) is 1.48. The van der Waals surface area contributed by atoms with Gasteiger partial charge in [0.05, 0.1) is 11.6 Å². The summed E-state index contributed by atoms with van der Waals surface area (Å²) in [6, 6.07) is 9.33. The maximum Gasteiger partial charge on any atom is 0.414 e. The second-order valence-electron chi connectivity index (χ2n) is 5.37. The third-order valence-corrected chi connectivity index (χ3v) is 3.95. The summed E-state index contributed by atoms with van der Waals surface area (Å²) in [6.45, 7) is 1.55. The van der Waals surface area contributed by atoms with E-state index in [4.69, 9.17) is 5.26 Å². The molecule has 0 radical (unpaired) electrons. The quantitative estimate of drug-likeness (QED) is 0.933. The van der Waals surface area contributed by atoms with Gasteiger partial charge in [-0.15, -0.1) is 0 Å². The number of nitriles is 1. The third kappa shape index (κ3) is 3.96. The second-order valence-corrected chi connectivity index (χ2v) is 5.37. The predicted octanol–water partition coefficient (Wildman–Crippen LogP) is 2.69. The van der Waals surface area contributed by atoms with Crippen molar-refractivity contribution in [3.63, 3.8) is 0 Å². The molecule has 1 aliphatic heterocycles. The van der Waals surface area contributed by atoms with Crippen molar-refractivity contribution in [3.8, 4) is 6.07 Å². The summed E-state index contributed by atoms with van der Waals surface area (Å²) in [5, 5.41) is 18.3. The van der Waals surface area contributed by atoms with E-state index in [1.807, 2.05) is 17.0 Å². The first-order valence-electron chi connectivity index (χ1n) is 6.87. The Kier molecular flexibility index (Phi) is 4.86. The van der Waals surface area contributed by atoms with Crippen LogP contribution < -0.4 is 0 Å². The smallest absolute Gasteiger partial charge is 0.383 e. The van der Waals surface area contributed by atoms with Crippen LogP contribution in [0.4, 0.5) is 13.2 Å². The van der Waals surface area contributed by atoms with Crippen molar-refractivity contribution in [3.05, 3.63) is 35.4 Å². The summed E-state index contributed by atoms with van der Waals surface area (Å²) < 4.78 is 37.4. The first-order valence-corrected chi connectivity index (χ1v) is 6.87. The zero-order valence-electron chi connectivity index (χ0n) is 11.5. The minimum absolute atomic E-state index is 0.315. The molecule has 2 rings (SSSR count). The van der Waals surface area contributed by atoms with E-state index < -0.39 is 18.2 Å². The van der Waals surface area contributed by atoms with Crippen LogP contribution in [0.2, 0.25) is 0 Å². The van der Waals surface area contributed by atoms with Crippen LogP contribution in [0.5, 0.6) is 0 Å². The number of rotatable bonds is 3. The van der Waals surface area contributed by atoms with E-state index in [1.165, 1.54) is 0 Å². The van der Waals surface area contributed by atoms with Gasteiger partial charge >= 0.3 is 6.18 Å². The predicted molar refractivity (Wildman–Crippen MR) is 71.2 cm³/mol. The molecule has 1 saturated heterocycles. The Balaban J connectivity index is 1.92. The molecule has 114 valence electrons. The van der Waals surface area contributed by atoms with Crippen LogP contribution in [0.25, 0.3) is 0 Å². The van der Waals surface area contributed by atoms with Gasteiger partial charge in [0.1, 0.15) is 0 Å². The van der Waals surface area contributed by atoms with Crippen molar-refractivity contribution >= 4 is 0 Å². The maximum atomic E-state index is 12.5. The average Bonchev–Trinajstić information content (AvgIpc) is 2.47. The molecule has 1 heterocycles. The molecular weight excluding hydrogens is 281 g/mol. The van der Waals surface area contributed by atoms with Gasteiger partial charge in [-0.05, 0) is 43.5 Å². The summed E-state index contributed by atoms with van der Waals surface area (Å²) in [5.74, 6) is -0.729. The molecule has 0 bridgehead atoms. The third-order valence-electron chi connectivity index (χ3n) is 3.95. The summed E-state index contributed by atoms with van der Waals surface area (Å²) in [6.07, 6.45) is -6.14. The van der Waals surface area contributed by atoms with E-state index in [2.05, 4.69) is 6.07 Å². The van der Waals surface area contributed by atoms with Crippen LogP contribution in [0.3, 0.4) is 0 Å². The number of benzene rings is 1. The maximum absolute atomic E-state index is 12.5. The highest BCUT2D eigenvalue weighted by Gasteiger charge is 2.44. The Morgan fingerprint density at radius 2 is 1.90 bits per heavy atom. The standard InChI is InChI=1S/C15H17F3N2O/c16-15(17,18)14(21)11-5-7-20(8-6-11)10-13-4-2-1-3-12(13)9-19/h1-4,11,14,21H,5-8,10H2. The number of hydrogen-bond donors (Lipinski definition) is 1. The first-order chi connectivity index (χ1) is 9.91. The van der Waals surface area contributed by atoms with E-state index in [9.17, 15) is 18.3 Å². The molecule has 0 spiro atoms. The van der Waals surface area contributed by atoms with Crippen molar-refractivity contribution in [2.75, 3.05) is 13.1 Å². The number of halogens is 3. The van der Waals surface area contributed by atoms with Gasteiger partial charge in [0, 0.05) is 6.54 Å². The zero-order valence-corrected chi connectivity index (χ0v) is 11.5. The van der Waals surface area contributed by atoms with Crippen molar-refractivity contribution in [1.82, 2.24) is 4.90 Å². The van der Waals surface area contributed by atoms with Crippen molar-refractivity contribution in [2.24, 2.45) is 5.92 Å². The Hall–Kier alpha value is -1.58. The van der Waals surface area contributed by atoms with Gasteiger partial charge in [0.2, 0.25) is 0 Å². The van der Waals surface area contributed by atoms with E-state index in [0.29, 0.717) is 38.0 Å². The lowest BCUT2D eigenvalue weighted by Gasteiger charge is -2.34. The van der Waals surface area contributed by atoms with Crippen molar-refractivity contribution in [1.29, 1.82) is 5.26 Å². The monoisotopic (exact) mass is 298 g/mol. The Labute approximate surface area is 121 Å². The SMILES string of the molecule is N#Cc1ccccc1CN1CCC(C(O)C(F)(F)F)CC1. The number of likely N-dealkylation sites (tertiary alicyclic amines) is 1. The summed E-state index contributed by atoms with van der Waals surface area (Å²) in [7, 11) is 0. The van der Waals surface area contributed by atoms with Gasteiger partial charge in [-0.1, -0.05) is 18.2 Å². The molecule has 21 heavy (non-hydrogen) atoms. The van der Waals surface area contributed by atoms with Gasteiger partial charge in [-0.25, -0.2) is 0 Å². The molecule has 1 N–H and O–H groups in total. The minimum Gasteiger partial charge on any atom is -0.383 e. The molecule has 1 fully saturated rings. The zero-order chi connectivity index (χ0) is 15.5. The van der Waals surface area contributed by atoms with E-state index in [0.717, 1.165) is 5.56 Å². The molecule has 1 aromatic rings. The highest BCUT2D eigenvalue weighted by molar-refractivity contribution is 5.37. The van der Waals surface area contributed by atoms with Gasteiger partial charge in [-0.3, -0.25) is 4.90 Å². The molecule has 0 aromatic heterocycles. The number of aliphatic hydroxyl groups is 1. The van der Waals surface area contributed by atoms with Crippen molar-refractivity contribution in [2.45, 2.75) is 31.7 Å². The molecule has 1 aliphatic rings. The van der Waals surface area contributed by atoms with Gasteiger partial charge < -0.3 is 5.11 Å². The van der Waals surface area contributed by atoms with Crippen LogP contribution >= 0.6 is 0 Å². The van der Waals surface area contributed by atoms with Gasteiger partial charge in [-0.2, -0.15) is 18.4 Å². The molecule has 0 amide bonds. The summed E-state index contributed by atoms with van der Waals surface area (Å²) >= 11 is 0. The highest BCUT2D eigenvalue weighted by Crippen LogP contribution is 2.32. The number of piperidine rings is 1. The van der Waals surface area contributed by atoms with Crippen LogP contribution in [0.15, 0.2) is 24.3 Å².